The molecule has 1 atom stereocenters. The Morgan fingerprint density at radius 3 is 3.00 bits per heavy atom. The summed E-state index contributed by atoms with van der Waals surface area (Å²) in [5, 5.41) is 12.2. The van der Waals surface area contributed by atoms with Gasteiger partial charge in [-0.1, -0.05) is 0 Å². The van der Waals surface area contributed by atoms with Gasteiger partial charge in [-0.3, -0.25) is 4.99 Å². The summed E-state index contributed by atoms with van der Waals surface area (Å²) in [6.45, 7) is 3.72. The minimum absolute atomic E-state index is 0.0208. The first-order valence-electron chi connectivity index (χ1n) is 4.49. The van der Waals surface area contributed by atoms with Gasteiger partial charge in [-0.15, -0.1) is 0 Å². The van der Waals surface area contributed by atoms with Crippen LogP contribution in [0.4, 0.5) is 0 Å². The minimum atomic E-state index is -0.414. The Bertz CT molecular complexity index is 188. The van der Waals surface area contributed by atoms with Crippen LogP contribution in [-0.4, -0.2) is 43.0 Å². The van der Waals surface area contributed by atoms with Crippen molar-refractivity contribution in [3.8, 4) is 0 Å². The van der Waals surface area contributed by atoms with Crippen LogP contribution in [0.2, 0.25) is 0 Å². The molecule has 1 saturated heterocycles. The molecule has 76 valence electrons. The molecule has 13 heavy (non-hydrogen) atoms. The first kappa shape index (κ1) is 10.3. The van der Waals surface area contributed by atoms with Crippen molar-refractivity contribution in [2.45, 2.75) is 18.9 Å². The van der Waals surface area contributed by atoms with E-state index in [1.54, 1.807) is 0 Å². The lowest BCUT2D eigenvalue weighted by atomic mass is 10.0. The van der Waals surface area contributed by atoms with Gasteiger partial charge in [-0.25, -0.2) is 0 Å². The standard InChI is InChI=1S/C8H17N3O2/c1-2-10-7(9)11-8(5-12)3-4-13-6-8/h12H,2-6H2,1H3,(H3,9,10,11). The van der Waals surface area contributed by atoms with Gasteiger partial charge in [0.15, 0.2) is 5.96 Å². The van der Waals surface area contributed by atoms with Crippen LogP contribution < -0.4 is 11.1 Å². The molecule has 0 aromatic carbocycles. The number of nitrogens with zero attached hydrogens (tertiary/aromatic N) is 1. The fourth-order valence-corrected chi connectivity index (χ4v) is 1.35. The Morgan fingerprint density at radius 1 is 1.77 bits per heavy atom. The Labute approximate surface area is 78.0 Å². The molecule has 0 radical (unpaired) electrons. The summed E-state index contributed by atoms with van der Waals surface area (Å²) >= 11 is 0. The zero-order valence-electron chi connectivity index (χ0n) is 7.92. The summed E-state index contributed by atoms with van der Waals surface area (Å²) in [4.78, 5) is 4.00. The lowest BCUT2D eigenvalue weighted by Crippen LogP contribution is -2.54. The summed E-state index contributed by atoms with van der Waals surface area (Å²) in [5.74, 6) is 0.377. The van der Waals surface area contributed by atoms with Crippen LogP contribution in [0.15, 0.2) is 4.99 Å². The number of aliphatic hydroxyl groups excluding tert-OH is 1. The number of rotatable bonds is 3. The van der Waals surface area contributed by atoms with Gasteiger partial charge in [-0.05, 0) is 13.3 Å². The molecular formula is C8H17N3O2. The van der Waals surface area contributed by atoms with E-state index >= 15 is 0 Å². The van der Waals surface area contributed by atoms with Crippen molar-refractivity contribution in [1.29, 1.82) is 0 Å². The van der Waals surface area contributed by atoms with Gasteiger partial charge in [0, 0.05) is 13.2 Å². The fourth-order valence-electron chi connectivity index (χ4n) is 1.35. The van der Waals surface area contributed by atoms with Crippen LogP contribution in [0.25, 0.3) is 0 Å². The largest absolute Gasteiger partial charge is 0.394 e. The zero-order chi connectivity index (χ0) is 9.73. The van der Waals surface area contributed by atoms with Crippen LogP contribution in [0, 0.1) is 0 Å². The highest BCUT2D eigenvalue weighted by molar-refractivity contribution is 5.78. The van der Waals surface area contributed by atoms with E-state index < -0.39 is 5.54 Å². The van der Waals surface area contributed by atoms with E-state index in [2.05, 4.69) is 10.3 Å². The Morgan fingerprint density at radius 2 is 2.54 bits per heavy atom. The second-order valence-corrected chi connectivity index (χ2v) is 3.23. The third-order valence-corrected chi connectivity index (χ3v) is 2.13. The van der Waals surface area contributed by atoms with Gasteiger partial charge in [0.25, 0.3) is 0 Å². The maximum absolute atomic E-state index is 9.18. The molecule has 0 aromatic rings. The molecule has 1 fully saturated rings. The predicted molar refractivity (Wildman–Crippen MR) is 50.6 cm³/mol. The highest BCUT2D eigenvalue weighted by Crippen LogP contribution is 2.17. The normalized spacial score (nSPS) is 29.2. The van der Waals surface area contributed by atoms with Gasteiger partial charge >= 0.3 is 0 Å². The van der Waals surface area contributed by atoms with E-state index in [9.17, 15) is 5.11 Å². The molecule has 0 bridgehead atoms. The number of hydrogen-bond donors (Lipinski definition) is 3. The molecule has 1 heterocycles. The molecule has 0 spiro atoms. The van der Waals surface area contributed by atoms with Gasteiger partial charge in [0.2, 0.25) is 0 Å². The number of nitrogens with one attached hydrogen (secondary N) is 1. The summed E-state index contributed by atoms with van der Waals surface area (Å²) in [6, 6.07) is 0. The van der Waals surface area contributed by atoms with Crippen molar-refractivity contribution in [1.82, 2.24) is 5.32 Å². The summed E-state index contributed by atoms with van der Waals surface area (Å²) < 4.78 is 5.20. The van der Waals surface area contributed by atoms with E-state index in [1.165, 1.54) is 0 Å². The van der Waals surface area contributed by atoms with Gasteiger partial charge in [-0.2, -0.15) is 0 Å². The van der Waals surface area contributed by atoms with E-state index in [4.69, 9.17) is 10.5 Å². The predicted octanol–water partition coefficient (Wildman–Crippen LogP) is -0.938. The fraction of sp³-hybridized carbons (Fsp3) is 0.875. The highest BCUT2D eigenvalue weighted by atomic mass is 16.5. The zero-order valence-corrected chi connectivity index (χ0v) is 7.92. The van der Waals surface area contributed by atoms with Crippen LogP contribution in [-0.2, 0) is 4.74 Å². The van der Waals surface area contributed by atoms with E-state index in [0.717, 1.165) is 6.42 Å². The van der Waals surface area contributed by atoms with E-state index in [0.29, 0.717) is 25.7 Å². The Hall–Kier alpha value is -0.810. The van der Waals surface area contributed by atoms with Crippen LogP contribution >= 0.6 is 0 Å². The Kier molecular flexibility index (Phi) is 3.50. The molecule has 0 saturated carbocycles. The molecular weight excluding hydrogens is 170 g/mol. The first-order valence-corrected chi connectivity index (χ1v) is 4.49. The maximum atomic E-state index is 9.18. The van der Waals surface area contributed by atoms with Gasteiger partial charge in [0.1, 0.15) is 0 Å². The smallest absolute Gasteiger partial charge is 0.189 e. The van der Waals surface area contributed by atoms with E-state index in [1.807, 2.05) is 6.92 Å². The number of nitrogens with two attached hydrogens (primary N) is 1. The third-order valence-electron chi connectivity index (χ3n) is 2.13. The van der Waals surface area contributed by atoms with Crippen molar-refractivity contribution >= 4 is 5.96 Å². The quantitative estimate of drug-likeness (QED) is 0.393. The number of guanidine groups is 1. The molecule has 0 aromatic heterocycles. The minimum Gasteiger partial charge on any atom is -0.394 e. The average Bonchev–Trinajstić information content (AvgIpc) is 2.54. The highest BCUT2D eigenvalue weighted by Gasteiger charge is 2.34. The number of hydrogen-bond acceptors (Lipinski definition) is 3. The molecule has 5 heteroatoms. The summed E-state index contributed by atoms with van der Waals surface area (Å²) in [5.41, 5.74) is 5.18. The number of aliphatic hydroxyl groups is 1. The molecule has 1 rings (SSSR count). The second kappa shape index (κ2) is 4.43. The van der Waals surface area contributed by atoms with Crippen LogP contribution in [0.1, 0.15) is 13.3 Å². The SMILES string of the molecule is CCN=C(N)NC1(CO)CCOC1. The molecule has 0 aliphatic carbocycles. The summed E-state index contributed by atoms with van der Waals surface area (Å²) in [6.07, 6.45) is 0.767. The molecule has 1 aliphatic heterocycles. The average molecular weight is 187 g/mol. The molecule has 1 aliphatic rings. The Balaban J connectivity index is 2.52. The molecule has 4 N–H and O–H groups in total. The van der Waals surface area contributed by atoms with E-state index in [-0.39, 0.29) is 6.61 Å². The van der Waals surface area contributed by atoms with Crippen molar-refractivity contribution < 1.29 is 9.84 Å². The van der Waals surface area contributed by atoms with Crippen molar-refractivity contribution in [2.24, 2.45) is 10.7 Å². The number of ether oxygens (including phenoxy) is 1. The van der Waals surface area contributed by atoms with Crippen molar-refractivity contribution in [3.05, 3.63) is 0 Å². The molecule has 5 nitrogen and oxygen atoms in total. The van der Waals surface area contributed by atoms with Gasteiger partial charge in [0.05, 0.1) is 18.8 Å². The van der Waals surface area contributed by atoms with Crippen molar-refractivity contribution in [3.63, 3.8) is 0 Å². The molecule has 0 amide bonds. The monoisotopic (exact) mass is 187 g/mol. The van der Waals surface area contributed by atoms with Crippen LogP contribution in [0.5, 0.6) is 0 Å². The third kappa shape index (κ3) is 2.57. The number of aliphatic imine (C=N–C) groups is 1. The second-order valence-electron chi connectivity index (χ2n) is 3.23. The van der Waals surface area contributed by atoms with Gasteiger partial charge < -0.3 is 20.9 Å². The lowest BCUT2D eigenvalue weighted by Gasteiger charge is -2.26. The molecule has 1 unspecified atom stereocenters. The van der Waals surface area contributed by atoms with Crippen LogP contribution in [0.3, 0.4) is 0 Å². The maximum Gasteiger partial charge on any atom is 0.189 e. The van der Waals surface area contributed by atoms with Crippen molar-refractivity contribution in [2.75, 3.05) is 26.4 Å². The first-order chi connectivity index (χ1) is 6.22. The lowest BCUT2D eigenvalue weighted by molar-refractivity contribution is 0.133. The summed E-state index contributed by atoms with van der Waals surface area (Å²) in [7, 11) is 0. The topological polar surface area (TPSA) is 79.9 Å².